The van der Waals surface area contributed by atoms with Gasteiger partial charge in [-0.15, -0.1) is 0 Å². The topological polar surface area (TPSA) is 96.8 Å². The molecule has 5 rings (SSSR count). The van der Waals surface area contributed by atoms with Crippen molar-refractivity contribution >= 4 is 34.2 Å². The van der Waals surface area contributed by atoms with Crippen LogP contribution in [0.25, 0.3) is 11.0 Å². The molecule has 0 radical (unpaired) electrons. The average Bonchev–Trinajstić information content (AvgIpc) is 3.53. The molecule has 3 aromatic heterocycles. The zero-order valence-electron chi connectivity index (χ0n) is 24.0. The summed E-state index contributed by atoms with van der Waals surface area (Å²) >= 11 is 0. The van der Waals surface area contributed by atoms with E-state index in [4.69, 9.17) is 4.42 Å². The third-order valence-electron chi connectivity index (χ3n) is 7.83. The molecule has 1 aliphatic rings. The van der Waals surface area contributed by atoms with E-state index < -0.39 is 5.41 Å². The maximum atomic E-state index is 13.3. The number of furan rings is 1. The third kappa shape index (κ3) is 4.83. The van der Waals surface area contributed by atoms with Crippen LogP contribution >= 0.6 is 0 Å². The fraction of sp³-hybridized carbons (Fsp3) is 0.400. The smallest absolute Gasteiger partial charge is 0.261 e. The number of hydrogen-bond acceptors (Lipinski definition) is 6. The minimum absolute atomic E-state index is 0.0861. The summed E-state index contributed by atoms with van der Waals surface area (Å²) in [5.74, 6) is -0.438. The molecule has 1 aromatic carbocycles. The second kappa shape index (κ2) is 10.4. The Morgan fingerprint density at radius 1 is 0.975 bits per heavy atom. The molecule has 40 heavy (non-hydrogen) atoms. The first-order valence-corrected chi connectivity index (χ1v) is 13.5. The van der Waals surface area contributed by atoms with Crippen molar-refractivity contribution in [3.05, 3.63) is 76.2 Å². The summed E-state index contributed by atoms with van der Waals surface area (Å²) < 4.78 is 8.92. The first-order valence-electron chi connectivity index (χ1n) is 13.5. The molecule has 2 amide bonds. The summed E-state index contributed by atoms with van der Waals surface area (Å²) in [5.41, 5.74) is 3.76. The van der Waals surface area contributed by atoms with Gasteiger partial charge in [-0.1, -0.05) is 6.07 Å². The largest absolute Gasteiger partial charge is 0.464 e. The molecule has 0 fully saturated rings. The van der Waals surface area contributed by atoms with Crippen molar-refractivity contribution in [2.45, 2.75) is 47.3 Å². The first-order chi connectivity index (χ1) is 19.0. The minimum Gasteiger partial charge on any atom is -0.464 e. The van der Waals surface area contributed by atoms with Crippen LogP contribution in [0.2, 0.25) is 0 Å². The van der Waals surface area contributed by atoms with Gasteiger partial charge in [-0.05, 0) is 63.6 Å². The van der Waals surface area contributed by atoms with Gasteiger partial charge in [0.1, 0.15) is 11.0 Å². The Hall–Kier alpha value is -4.18. The van der Waals surface area contributed by atoms with Gasteiger partial charge < -0.3 is 18.8 Å². The van der Waals surface area contributed by atoms with E-state index in [9.17, 15) is 14.4 Å². The van der Waals surface area contributed by atoms with Gasteiger partial charge in [0.15, 0.2) is 0 Å². The van der Waals surface area contributed by atoms with Gasteiger partial charge >= 0.3 is 0 Å². The molecule has 0 bridgehead atoms. The maximum absolute atomic E-state index is 13.3. The van der Waals surface area contributed by atoms with Gasteiger partial charge in [-0.25, -0.2) is 0 Å². The van der Waals surface area contributed by atoms with E-state index in [0.717, 1.165) is 22.6 Å². The molecule has 0 saturated heterocycles. The Labute approximate surface area is 233 Å². The fourth-order valence-electron chi connectivity index (χ4n) is 5.39. The molecule has 0 unspecified atom stereocenters. The van der Waals surface area contributed by atoms with E-state index in [0.29, 0.717) is 49.4 Å². The number of carbonyl (C=O) groups is 2. The molecule has 0 saturated carbocycles. The number of aromatic nitrogens is 3. The Morgan fingerprint density at radius 3 is 2.45 bits per heavy atom. The zero-order chi connectivity index (χ0) is 28.8. The van der Waals surface area contributed by atoms with Crippen LogP contribution in [0.15, 0.2) is 58.1 Å². The lowest BCUT2D eigenvalue weighted by Gasteiger charge is -2.27. The Bertz CT molecular complexity index is 1630. The summed E-state index contributed by atoms with van der Waals surface area (Å²) in [6, 6.07) is 11.5. The number of fused-ring (bicyclic) bond motifs is 2. The van der Waals surface area contributed by atoms with Gasteiger partial charge in [0.2, 0.25) is 11.8 Å². The third-order valence-corrected chi connectivity index (χ3v) is 7.83. The van der Waals surface area contributed by atoms with E-state index in [1.165, 1.54) is 6.26 Å². The number of benzene rings is 1. The zero-order valence-corrected chi connectivity index (χ0v) is 24.0. The van der Waals surface area contributed by atoms with Crippen molar-refractivity contribution in [3.8, 4) is 0 Å². The lowest BCUT2D eigenvalue weighted by atomic mass is 9.90. The maximum Gasteiger partial charge on any atom is 0.261 e. The Kier molecular flexibility index (Phi) is 7.14. The quantitative estimate of drug-likeness (QED) is 0.314. The van der Waals surface area contributed by atoms with Crippen molar-refractivity contribution in [1.29, 1.82) is 0 Å². The van der Waals surface area contributed by atoms with E-state index in [2.05, 4.69) is 16.1 Å². The van der Waals surface area contributed by atoms with E-state index in [-0.39, 0.29) is 17.4 Å². The van der Waals surface area contributed by atoms with E-state index >= 15 is 0 Å². The van der Waals surface area contributed by atoms with E-state index in [1.807, 2.05) is 49.8 Å². The number of anilines is 2. The first kappa shape index (κ1) is 27.4. The number of hydrogen-bond donors (Lipinski definition) is 0. The highest BCUT2D eigenvalue weighted by Crippen LogP contribution is 2.39. The summed E-state index contributed by atoms with van der Waals surface area (Å²) in [4.78, 5) is 45.0. The van der Waals surface area contributed by atoms with Gasteiger partial charge in [0, 0.05) is 58.7 Å². The van der Waals surface area contributed by atoms with Gasteiger partial charge in [-0.2, -0.15) is 5.10 Å². The van der Waals surface area contributed by atoms with Crippen LogP contribution in [-0.2, 0) is 36.3 Å². The minimum atomic E-state index is -1.16. The number of rotatable bonds is 8. The molecule has 4 heterocycles. The van der Waals surface area contributed by atoms with Crippen molar-refractivity contribution in [2.24, 2.45) is 12.5 Å². The average molecular weight is 545 g/mol. The molecule has 210 valence electrons. The standard InChI is InChI=1S/C30H36N6O4/c1-7-36-24-9-8-21(17-25(24)32(5)28(38)30(3,4)29(36)39)18-34(19-22-16-20(2)33(6)31-22)13-14-35-12-10-26-23(27(35)37)11-15-40-26/h8-12,15-17H,7,13-14,18-19H2,1-6H3. The molecule has 4 aromatic rings. The van der Waals surface area contributed by atoms with Crippen molar-refractivity contribution < 1.29 is 14.0 Å². The summed E-state index contributed by atoms with van der Waals surface area (Å²) in [6.45, 7) is 10.0. The normalized spacial score (nSPS) is 15.3. The monoisotopic (exact) mass is 544 g/mol. The Morgan fingerprint density at radius 2 is 1.75 bits per heavy atom. The summed E-state index contributed by atoms with van der Waals surface area (Å²) in [5, 5.41) is 5.21. The molecular formula is C30H36N6O4. The highest BCUT2D eigenvalue weighted by atomic mass is 16.3. The van der Waals surface area contributed by atoms with Crippen LogP contribution < -0.4 is 15.4 Å². The van der Waals surface area contributed by atoms with Crippen LogP contribution in [0.4, 0.5) is 11.4 Å². The molecule has 0 aliphatic carbocycles. The molecule has 0 N–H and O–H groups in total. The van der Waals surface area contributed by atoms with Crippen molar-refractivity contribution in [2.75, 3.05) is 29.9 Å². The molecule has 10 nitrogen and oxygen atoms in total. The molecule has 0 spiro atoms. The Balaban J connectivity index is 1.45. The summed E-state index contributed by atoms with van der Waals surface area (Å²) in [6.07, 6.45) is 3.29. The lowest BCUT2D eigenvalue weighted by Crippen LogP contribution is -2.47. The van der Waals surface area contributed by atoms with Crippen LogP contribution in [0.5, 0.6) is 0 Å². The van der Waals surface area contributed by atoms with Crippen LogP contribution in [0.3, 0.4) is 0 Å². The second-order valence-corrected chi connectivity index (χ2v) is 11.0. The SMILES string of the molecule is CCN1C(=O)C(C)(C)C(=O)N(C)c2cc(CN(CCn3ccc4occc4c3=O)Cc3cc(C)n(C)n3)ccc21. The summed E-state index contributed by atoms with van der Waals surface area (Å²) in [7, 11) is 3.65. The highest BCUT2D eigenvalue weighted by Gasteiger charge is 2.45. The van der Waals surface area contributed by atoms with Crippen LogP contribution in [-0.4, -0.2) is 51.2 Å². The van der Waals surface area contributed by atoms with Crippen molar-refractivity contribution in [1.82, 2.24) is 19.2 Å². The molecular weight excluding hydrogens is 508 g/mol. The van der Waals surface area contributed by atoms with E-state index in [1.54, 1.807) is 47.5 Å². The second-order valence-electron chi connectivity index (χ2n) is 11.0. The molecule has 10 heteroatoms. The highest BCUT2D eigenvalue weighted by molar-refractivity contribution is 6.19. The van der Waals surface area contributed by atoms with Crippen LogP contribution in [0.1, 0.15) is 37.7 Å². The fourth-order valence-corrected chi connectivity index (χ4v) is 5.39. The molecule has 1 aliphatic heterocycles. The number of carbonyl (C=O) groups excluding carboxylic acids is 2. The predicted molar refractivity (Wildman–Crippen MR) is 154 cm³/mol. The van der Waals surface area contributed by atoms with Crippen LogP contribution in [0, 0.1) is 12.3 Å². The number of nitrogens with zero attached hydrogens (tertiary/aromatic N) is 6. The van der Waals surface area contributed by atoms with Crippen molar-refractivity contribution in [3.63, 3.8) is 0 Å². The van der Waals surface area contributed by atoms with Gasteiger partial charge in [-0.3, -0.25) is 24.0 Å². The lowest BCUT2D eigenvalue weighted by molar-refractivity contribution is -0.137. The van der Waals surface area contributed by atoms with Gasteiger partial charge in [0.05, 0.1) is 28.7 Å². The predicted octanol–water partition coefficient (Wildman–Crippen LogP) is 3.69. The number of aryl methyl sites for hydroxylation is 2. The number of amides is 2. The number of pyridine rings is 1. The molecule has 0 atom stereocenters. The van der Waals surface area contributed by atoms with Gasteiger partial charge in [0.25, 0.3) is 5.56 Å².